The van der Waals surface area contributed by atoms with Crippen molar-refractivity contribution in [1.82, 2.24) is 10.3 Å². The third-order valence-electron chi connectivity index (χ3n) is 2.73. The molecule has 0 aliphatic carbocycles. The number of hydrogen-bond donors (Lipinski definition) is 1. The Morgan fingerprint density at radius 1 is 1.60 bits per heavy atom. The molecular weight excluding hydrogens is 212 g/mol. The highest BCUT2D eigenvalue weighted by molar-refractivity contribution is 6.29. The van der Waals surface area contributed by atoms with Gasteiger partial charge < -0.3 is 10.1 Å². The lowest BCUT2D eigenvalue weighted by atomic mass is 10.0. The van der Waals surface area contributed by atoms with Crippen molar-refractivity contribution in [2.24, 2.45) is 0 Å². The molecule has 0 spiro atoms. The lowest BCUT2D eigenvalue weighted by molar-refractivity contribution is 0.171. The van der Waals surface area contributed by atoms with Gasteiger partial charge in [0.15, 0.2) is 0 Å². The van der Waals surface area contributed by atoms with Crippen molar-refractivity contribution >= 4 is 11.6 Å². The van der Waals surface area contributed by atoms with Gasteiger partial charge in [0.1, 0.15) is 5.15 Å². The molecule has 1 unspecified atom stereocenters. The molecule has 3 nitrogen and oxygen atoms in total. The number of ether oxygens (including phenoxy) is 1. The Bertz CT molecular complexity index is 320. The summed E-state index contributed by atoms with van der Waals surface area (Å²) in [5.41, 5.74) is 1.26. The van der Waals surface area contributed by atoms with Crippen molar-refractivity contribution in [3.05, 3.63) is 29.0 Å². The fourth-order valence-corrected chi connectivity index (χ4v) is 1.74. The van der Waals surface area contributed by atoms with E-state index in [1.54, 1.807) is 6.20 Å². The van der Waals surface area contributed by atoms with Crippen LogP contribution in [0.2, 0.25) is 5.15 Å². The molecule has 1 aliphatic rings. The number of rotatable bonds is 3. The highest BCUT2D eigenvalue weighted by Gasteiger charge is 2.28. The number of pyridine rings is 1. The van der Waals surface area contributed by atoms with E-state index in [1.165, 1.54) is 0 Å². The molecular formula is C11H15ClN2O. The molecule has 15 heavy (non-hydrogen) atoms. The van der Waals surface area contributed by atoms with Crippen molar-refractivity contribution in [2.75, 3.05) is 13.2 Å². The van der Waals surface area contributed by atoms with Crippen LogP contribution in [-0.2, 0) is 11.3 Å². The first kappa shape index (κ1) is 10.9. The van der Waals surface area contributed by atoms with E-state index in [2.05, 4.69) is 17.2 Å². The first-order valence-corrected chi connectivity index (χ1v) is 5.49. The van der Waals surface area contributed by atoms with Gasteiger partial charge in [-0.15, -0.1) is 0 Å². The van der Waals surface area contributed by atoms with Crippen molar-refractivity contribution in [2.45, 2.75) is 25.4 Å². The Hall–Kier alpha value is -0.640. The van der Waals surface area contributed by atoms with Gasteiger partial charge in [-0.05, 0) is 25.0 Å². The lowest BCUT2D eigenvalue weighted by Gasteiger charge is -2.23. The van der Waals surface area contributed by atoms with E-state index in [0.29, 0.717) is 5.15 Å². The molecule has 2 heterocycles. The largest absolute Gasteiger partial charge is 0.379 e. The monoisotopic (exact) mass is 226 g/mol. The molecule has 82 valence electrons. The van der Waals surface area contributed by atoms with Crippen molar-refractivity contribution in [3.63, 3.8) is 0 Å². The zero-order valence-corrected chi connectivity index (χ0v) is 9.55. The maximum Gasteiger partial charge on any atom is 0.129 e. The van der Waals surface area contributed by atoms with Gasteiger partial charge in [-0.1, -0.05) is 17.7 Å². The van der Waals surface area contributed by atoms with Gasteiger partial charge in [-0.3, -0.25) is 0 Å². The van der Waals surface area contributed by atoms with Gasteiger partial charge in [0.25, 0.3) is 0 Å². The maximum absolute atomic E-state index is 5.71. The summed E-state index contributed by atoms with van der Waals surface area (Å²) in [6.07, 6.45) is 2.86. The van der Waals surface area contributed by atoms with E-state index < -0.39 is 0 Å². The fraction of sp³-hybridized carbons (Fsp3) is 0.545. The molecule has 0 amide bonds. The molecule has 1 atom stereocenters. The number of hydrogen-bond acceptors (Lipinski definition) is 3. The van der Waals surface area contributed by atoms with Gasteiger partial charge in [-0.2, -0.15) is 0 Å². The van der Waals surface area contributed by atoms with Crippen molar-refractivity contribution in [3.8, 4) is 0 Å². The molecule has 0 aromatic carbocycles. The van der Waals surface area contributed by atoms with Crippen LogP contribution in [0.3, 0.4) is 0 Å². The molecule has 4 heteroatoms. The minimum absolute atomic E-state index is 0.111. The predicted octanol–water partition coefficient (Wildman–Crippen LogP) is 2.00. The van der Waals surface area contributed by atoms with E-state index in [4.69, 9.17) is 16.3 Å². The zero-order valence-electron chi connectivity index (χ0n) is 8.79. The number of nitrogens with one attached hydrogen (secondary N) is 1. The Morgan fingerprint density at radius 2 is 2.47 bits per heavy atom. The predicted molar refractivity (Wildman–Crippen MR) is 59.9 cm³/mol. The molecule has 1 fully saturated rings. The topological polar surface area (TPSA) is 34.2 Å². The molecule has 1 aliphatic heterocycles. The summed E-state index contributed by atoms with van der Waals surface area (Å²) in [4.78, 5) is 4.04. The third kappa shape index (κ3) is 2.91. The summed E-state index contributed by atoms with van der Waals surface area (Å²) in [5, 5.41) is 4.02. The van der Waals surface area contributed by atoms with Crippen LogP contribution in [0.5, 0.6) is 0 Å². The smallest absolute Gasteiger partial charge is 0.129 e. The third-order valence-corrected chi connectivity index (χ3v) is 2.95. The molecule has 0 saturated carbocycles. The normalized spacial score (nSPS) is 25.7. The molecule has 0 radical (unpaired) electrons. The van der Waals surface area contributed by atoms with Gasteiger partial charge in [0, 0.05) is 24.9 Å². The number of halogens is 1. The standard InChI is InChI=1S/C11H15ClN2O/c1-11(4-5-15-8-11)14-7-9-2-3-10(12)13-6-9/h2-3,6,14H,4-5,7-8H2,1H3. The zero-order chi connectivity index (χ0) is 10.7. The molecule has 1 aromatic rings. The summed E-state index contributed by atoms with van der Waals surface area (Å²) in [6, 6.07) is 3.80. The van der Waals surface area contributed by atoms with Gasteiger partial charge in [0.2, 0.25) is 0 Å². The summed E-state index contributed by atoms with van der Waals surface area (Å²) >= 11 is 5.71. The lowest BCUT2D eigenvalue weighted by Crippen LogP contribution is -2.42. The van der Waals surface area contributed by atoms with E-state index in [-0.39, 0.29) is 5.54 Å². The quantitative estimate of drug-likeness (QED) is 0.801. The molecule has 1 saturated heterocycles. The molecule has 1 aromatic heterocycles. The van der Waals surface area contributed by atoms with Gasteiger partial charge in [0.05, 0.1) is 6.61 Å². The SMILES string of the molecule is CC1(NCc2ccc(Cl)nc2)CCOC1. The maximum atomic E-state index is 5.71. The van der Waals surface area contributed by atoms with Crippen molar-refractivity contribution < 1.29 is 4.74 Å². The first-order valence-electron chi connectivity index (χ1n) is 5.11. The van der Waals surface area contributed by atoms with Gasteiger partial charge >= 0.3 is 0 Å². The molecule has 2 rings (SSSR count). The second-order valence-corrected chi connectivity index (χ2v) is 4.59. The highest BCUT2D eigenvalue weighted by Crippen LogP contribution is 2.18. The van der Waals surface area contributed by atoms with E-state index in [0.717, 1.165) is 31.7 Å². The second-order valence-electron chi connectivity index (χ2n) is 4.21. The first-order chi connectivity index (χ1) is 7.18. The van der Waals surface area contributed by atoms with Crippen LogP contribution in [0.25, 0.3) is 0 Å². The summed E-state index contributed by atoms with van der Waals surface area (Å²) in [7, 11) is 0. The summed E-state index contributed by atoms with van der Waals surface area (Å²) < 4.78 is 5.37. The van der Waals surface area contributed by atoms with Crippen LogP contribution in [-0.4, -0.2) is 23.7 Å². The molecule has 1 N–H and O–H groups in total. The number of nitrogens with zero attached hydrogens (tertiary/aromatic N) is 1. The van der Waals surface area contributed by atoms with Crippen LogP contribution in [0.1, 0.15) is 18.9 Å². The van der Waals surface area contributed by atoms with Gasteiger partial charge in [-0.25, -0.2) is 4.98 Å². The van der Waals surface area contributed by atoms with E-state index in [1.807, 2.05) is 12.1 Å². The Balaban J connectivity index is 1.90. The Kier molecular flexibility index (Phi) is 3.24. The van der Waals surface area contributed by atoms with Crippen LogP contribution in [0.15, 0.2) is 18.3 Å². The fourth-order valence-electron chi connectivity index (χ4n) is 1.63. The summed E-state index contributed by atoms with van der Waals surface area (Å²) in [6.45, 7) is 4.63. The van der Waals surface area contributed by atoms with Crippen LogP contribution < -0.4 is 5.32 Å². The minimum Gasteiger partial charge on any atom is -0.379 e. The Morgan fingerprint density at radius 3 is 3.07 bits per heavy atom. The second kappa shape index (κ2) is 4.47. The van der Waals surface area contributed by atoms with Crippen LogP contribution in [0.4, 0.5) is 0 Å². The van der Waals surface area contributed by atoms with Crippen LogP contribution >= 0.6 is 11.6 Å². The van der Waals surface area contributed by atoms with Crippen LogP contribution in [0, 0.1) is 0 Å². The minimum atomic E-state index is 0.111. The average Bonchev–Trinajstić information content (AvgIpc) is 2.65. The molecule has 0 bridgehead atoms. The number of aromatic nitrogens is 1. The average molecular weight is 227 g/mol. The summed E-state index contributed by atoms with van der Waals surface area (Å²) in [5.74, 6) is 0. The van der Waals surface area contributed by atoms with E-state index >= 15 is 0 Å². The van der Waals surface area contributed by atoms with E-state index in [9.17, 15) is 0 Å². The van der Waals surface area contributed by atoms with Crippen molar-refractivity contribution in [1.29, 1.82) is 0 Å². The highest BCUT2D eigenvalue weighted by atomic mass is 35.5. The Labute approximate surface area is 94.8 Å².